The average molecular weight is 286 g/mol. The Morgan fingerprint density at radius 3 is 2.48 bits per heavy atom. The van der Waals surface area contributed by atoms with Crippen LogP contribution in [-0.4, -0.2) is 11.1 Å². The minimum Gasteiger partial charge on any atom is -0.507 e. The molecule has 0 fully saturated rings. The Labute approximate surface area is 125 Å². The first kappa shape index (κ1) is 15.4. The zero-order valence-corrected chi connectivity index (χ0v) is 12.8. The summed E-state index contributed by atoms with van der Waals surface area (Å²) in [5.74, 6) is 0.463. The molecule has 0 bridgehead atoms. The molecule has 2 aromatic carbocycles. The third kappa shape index (κ3) is 3.75. The van der Waals surface area contributed by atoms with E-state index in [4.69, 9.17) is 4.74 Å². The van der Waals surface area contributed by atoms with Crippen LogP contribution in [0.15, 0.2) is 36.4 Å². The molecule has 0 aliphatic heterocycles. The summed E-state index contributed by atoms with van der Waals surface area (Å²) in [5.41, 5.74) is 0.911. The van der Waals surface area contributed by atoms with Crippen molar-refractivity contribution in [3.05, 3.63) is 42.0 Å². The first-order chi connectivity index (χ1) is 9.99. The van der Waals surface area contributed by atoms with E-state index in [9.17, 15) is 9.90 Å². The number of carbonyl (C=O) groups excluding carboxylic acids is 1. The summed E-state index contributed by atoms with van der Waals surface area (Å²) in [6, 6.07) is 11.0. The van der Waals surface area contributed by atoms with E-state index in [2.05, 4.69) is 13.8 Å². The second-order valence-corrected chi connectivity index (χ2v) is 5.93. The highest BCUT2D eigenvalue weighted by molar-refractivity contribution is 5.90. The minimum absolute atomic E-state index is 0.0895. The number of ether oxygens (including phenoxy) is 1. The van der Waals surface area contributed by atoms with Crippen LogP contribution < -0.4 is 0 Å². The number of esters is 1. The van der Waals surface area contributed by atoms with Crippen molar-refractivity contribution in [1.82, 2.24) is 0 Å². The number of carbonyl (C=O) groups is 1. The number of phenolic OH excluding ortho intramolecular Hbond substituents is 1. The van der Waals surface area contributed by atoms with Gasteiger partial charge in [0.15, 0.2) is 0 Å². The lowest BCUT2D eigenvalue weighted by atomic mass is 9.99. The smallest absolute Gasteiger partial charge is 0.308 e. The standard InChI is InChI=1S/C18H22O3/c1-12(2)10-13(3)18(20)21-11-14-6-4-8-16-15(14)7-5-9-17(16)19/h4-9,12-13,19H,10-11H2,1-3H3. The van der Waals surface area contributed by atoms with Gasteiger partial charge in [-0.2, -0.15) is 0 Å². The van der Waals surface area contributed by atoms with E-state index in [0.717, 1.165) is 22.8 Å². The monoisotopic (exact) mass is 286 g/mol. The van der Waals surface area contributed by atoms with E-state index in [1.165, 1.54) is 0 Å². The summed E-state index contributed by atoms with van der Waals surface area (Å²) in [6.07, 6.45) is 0.829. The highest BCUT2D eigenvalue weighted by Crippen LogP contribution is 2.27. The third-order valence-corrected chi connectivity index (χ3v) is 3.59. The molecular weight excluding hydrogens is 264 g/mol. The normalized spacial score (nSPS) is 12.6. The maximum absolute atomic E-state index is 12.0. The van der Waals surface area contributed by atoms with Crippen LogP contribution in [0.4, 0.5) is 0 Å². The number of benzene rings is 2. The fourth-order valence-corrected chi connectivity index (χ4v) is 2.58. The quantitative estimate of drug-likeness (QED) is 0.835. The Morgan fingerprint density at radius 2 is 1.76 bits per heavy atom. The highest BCUT2D eigenvalue weighted by atomic mass is 16.5. The van der Waals surface area contributed by atoms with E-state index >= 15 is 0 Å². The number of aromatic hydroxyl groups is 1. The molecular formula is C18H22O3. The van der Waals surface area contributed by atoms with Gasteiger partial charge in [0.25, 0.3) is 0 Å². The molecule has 0 heterocycles. The van der Waals surface area contributed by atoms with Crippen molar-refractivity contribution in [3.8, 4) is 5.75 Å². The van der Waals surface area contributed by atoms with E-state index in [1.807, 2.05) is 31.2 Å². The number of phenols is 1. The van der Waals surface area contributed by atoms with Crippen molar-refractivity contribution in [2.75, 3.05) is 0 Å². The molecule has 1 unspecified atom stereocenters. The Bertz CT molecular complexity index is 631. The van der Waals surface area contributed by atoms with Gasteiger partial charge in [-0.25, -0.2) is 0 Å². The van der Waals surface area contributed by atoms with Gasteiger partial charge in [-0.05, 0) is 29.4 Å². The molecule has 0 saturated carbocycles. The fourth-order valence-electron chi connectivity index (χ4n) is 2.58. The summed E-state index contributed by atoms with van der Waals surface area (Å²) >= 11 is 0. The zero-order chi connectivity index (χ0) is 15.4. The molecule has 0 aliphatic rings. The van der Waals surface area contributed by atoms with Crippen LogP contribution in [0.2, 0.25) is 0 Å². The van der Waals surface area contributed by atoms with Gasteiger partial charge in [-0.1, -0.05) is 51.1 Å². The van der Waals surface area contributed by atoms with E-state index in [-0.39, 0.29) is 24.2 Å². The molecule has 3 heteroatoms. The van der Waals surface area contributed by atoms with Crippen molar-refractivity contribution < 1.29 is 14.6 Å². The Kier molecular flexibility index (Phi) is 4.84. The molecule has 112 valence electrons. The lowest BCUT2D eigenvalue weighted by molar-refractivity contribution is -0.149. The molecule has 21 heavy (non-hydrogen) atoms. The number of hydrogen-bond acceptors (Lipinski definition) is 3. The third-order valence-electron chi connectivity index (χ3n) is 3.59. The molecule has 2 rings (SSSR count). The second kappa shape index (κ2) is 6.61. The van der Waals surface area contributed by atoms with Crippen LogP contribution in [0, 0.1) is 11.8 Å². The van der Waals surface area contributed by atoms with Crippen LogP contribution in [0.25, 0.3) is 10.8 Å². The number of fused-ring (bicyclic) bond motifs is 1. The topological polar surface area (TPSA) is 46.5 Å². The molecule has 0 radical (unpaired) electrons. The van der Waals surface area contributed by atoms with Crippen LogP contribution in [0.3, 0.4) is 0 Å². The summed E-state index contributed by atoms with van der Waals surface area (Å²) in [6.45, 7) is 6.33. The minimum atomic E-state index is -0.166. The number of rotatable bonds is 5. The lowest BCUT2D eigenvalue weighted by Crippen LogP contribution is -2.16. The van der Waals surface area contributed by atoms with Crippen LogP contribution in [-0.2, 0) is 16.1 Å². The van der Waals surface area contributed by atoms with Gasteiger partial charge < -0.3 is 9.84 Å². The van der Waals surface area contributed by atoms with Crippen molar-refractivity contribution in [1.29, 1.82) is 0 Å². The molecule has 0 aromatic heterocycles. The molecule has 1 N–H and O–H groups in total. The van der Waals surface area contributed by atoms with Gasteiger partial charge in [0, 0.05) is 5.39 Å². The van der Waals surface area contributed by atoms with Crippen molar-refractivity contribution in [2.24, 2.45) is 11.8 Å². The van der Waals surface area contributed by atoms with Gasteiger partial charge in [0.1, 0.15) is 12.4 Å². The van der Waals surface area contributed by atoms with Crippen molar-refractivity contribution in [3.63, 3.8) is 0 Å². The van der Waals surface area contributed by atoms with E-state index in [0.29, 0.717) is 5.92 Å². The molecule has 0 spiro atoms. The summed E-state index contributed by atoms with van der Waals surface area (Å²) < 4.78 is 5.42. The predicted molar refractivity (Wildman–Crippen MR) is 84.0 cm³/mol. The van der Waals surface area contributed by atoms with Crippen LogP contribution in [0.5, 0.6) is 5.75 Å². The maximum Gasteiger partial charge on any atom is 0.308 e. The number of hydrogen-bond donors (Lipinski definition) is 1. The van der Waals surface area contributed by atoms with Crippen LogP contribution >= 0.6 is 0 Å². The van der Waals surface area contributed by atoms with E-state index < -0.39 is 0 Å². The average Bonchev–Trinajstić information content (AvgIpc) is 2.44. The first-order valence-electron chi connectivity index (χ1n) is 7.35. The van der Waals surface area contributed by atoms with Gasteiger partial charge in [-0.15, -0.1) is 0 Å². The Hall–Kier alpha value is -2.03. The molecule has 0 amide bonds. The lowest BCUT2D eigenvalue weighted by Gasteiger charge is -2.14. The second-order valence-electron chi connectivity index (χ2n) is 5.93. The predicted octanol–water partition coefficient (Wildman–Crippen LogP) is 4.27. The molecule has 3 nitrogen and oxygen atoms in total. The van der Waals surface area contributed by atoms with Crippen LogP contribution in [0.1, 0.15) is 32.8 Å². The van der Waals surface area contributed by atoms with Gasteiger partial charge in [-0.3, -0.25) is 4.79 Å². The van der Waals surface area contributed by atoms with Gasteiger partial charge >= 0.3 is 5.97 Å². The first-order valence-corrected chi connectivity index (χ1v) is 7.35. The fraction of sp³-hybridized carbons (Fsp3) is 0.389. The Morgan fingerprint density at radius 1 is 1.10 bits per heavy atom. The van der Waals surface area contributed by atoms with Gasteiger partial charge in [0.2, 0.25) is 0 Å². The SMILES string of the molecule is CC(C)CC(C)C(=O)OCc1cccc2c(O)cccc12. The highest BCUT2D eigenvalue weighted by Gasteiger charge is 2.16. The van der Waals surface area contributed by atoms with Gasteiger partial charge in [0.05, 0.1) is 5.92 Å². The molecule has 0 aliphatic carbocycles. The Balaban J connectivity index is 2.11. The molecule has 0 saturated heterocycles. The summed E-state index contributed by atoms with van der Waals surface area (Å²) in [5, 5.41) is 11.5. The largest absolute Gasteiger partial charge is 0.507 e. The van der Waals surface area contributed by atoms with Crippen molar-refractivity contribution >= 4 is 16.7 Å². The summed E-state index contributed by atoms with van der Waals surface area (Å²) in [4.78, 5) is 12.0. The summed E-state index contributed by atoms with van der Waals surface area (Å²) in [7, 11) is 0. The molecule has 2 aromatic rings. The zero-order valence-electron chi connectivity index (χ0n) is 12.8. The maximum atomic E-state index is 12.0. The van der Waals surface area contributed by atoms with Crippen molar-refractivity contribution in [2.45, 2.75) is 33.8 Å². The molecule has 1 atom stereocenters. The van der Waals surface area contributed by atoms with E-state index in [1.54, 1.807) is 12.1 Å².